The zero-order valence-electron chi connectivity index (χ0n) is 9.71. The normalized spacial score (nSPS) is 17.3. The molecule has 3 nitrogen and oxygen atoms in total. The van der Waals surface area contributed by atoms with Gasteiger partial charge < -0.3 is 0 Å². The maximum Gasteiger partial charge on any atom is 0.266 e. The molecule has 0 atom stereocenters. The zero-order chi connectivity index (χ0) is 13.1. The van der Waals surface area contributed by atoms with Gasteiger partial charge in [-0.05, 0) is 30.7 Å². The van der Waals surface area contributed by atoms with Crippen LogP contribution in [-0.2, 0) is 4.79 Å². The van der Waals surface area contributed by atoms with Gasteiger partial charge in [0.2, 0.25) is 0 Å². The molecule has 0 bridgehead atoms. The van der Waals surface area contributed by atoms with Gasteiger partial charge in [-0.15, -0.1) is 0 Å². The van der Waals surface area contributed by atoms with Gasteiger partial charge in [0.1, 0.15) is 4.32 Å². The molecular formula is C13H10N2OS2. The highest BCUT2D eigenvalue weighted by Gasteiger charge is 2.30. The molecule has 1 saturated heterocycles. The number of carbonyl (C=O) groups excluding carboxylic acids is 1. The first-order valence-electron chi connectivity index (χ1n) is 5.41. The quantitative estimate of drug-likeness (QED) is 0.614. The molecule has 0 radical (unpaired) electrons. The van der Waals surface area contributed by atoms with Crippen LogP contribution in [0.3, 0.4) is 0 Å². The predicted molar refractivity (Wildman–Crippen MR) is 76.7 cm³/mol. The fraction of sp³-hybridized carbons (Fsp3) is 0.154. The Morgan fingerprint density at radius 1 is 1.56 bits per heavy atom. The lowest BCUT2D eigenvalue weighted by Crippen LogP contribution is -2.27. The van der Waals surface area contributed by atoms with E-state index in [9.17, 15) is 4.79 Å². The van der Waals surface area contributed by atoms with E-state index in [0.717, 1.165) is 5.56 Å². The standard InChI is InChI=1S/C13H10N2OS2/c1-2-15-12(16)11(18-13(15)17)7-9-4-3-5-10(6-9)8-14/h3-7H,2H2,1H3. The highest BCUT2D eigenvalue weighted by Crippen LogP contribution is 2.32. The molecule has 0 N–H and O–H groups in total. The van der Waals surface area contributed by atoms with Crippen molar-refractivity contribution in [3.8, 4) is 6.07 Å². The number of hydrogen-bond acceptors (Lipinski definition) is 4. The number of amides is 1. The molecule has 1 aromatic carbocycles. The summed E-state index contributed by atoms with van der Waals surface area (Å²) < 4.78 is 0.588. The van der Waals surface area contributed by atoms with Crippen LogP contribution in [0.15, 0.2) is 29.2 Å². The maximum atomic E-state index is 12.0. The van der Waals surface area contributed by atoms with Gasteiger partial charge in [0.15, 0.2) is 0 Å². The highest BCUT2D eigenvalue weighted by molar-refractivity contribution is 8.26. The lowest BCUT2D eigenvalue weighted by molar-refractivity contribution is -0.121. The summed E-state index contributed by atoms with van der Waals surface area (Å²) in [5, 5.41) is 8.83. The highest BCUT2D eigenvalue weighted by atomic mass is 32.2. The molecule has 0 saturated carbocycles. The van der Waals surface area contributed by atoms with Crippen LogP contribution >= 0.6 is 24.0 Å². The number of benzene rings is 1. The average molecular weight is 274 g/mol. The summed E-state index contributed by atoms with van der Waals surface area (Å²) in [5.41, 5.74) is 1.42. The molecule has 0 spiro atoms. The largest absolute Gasteiger partial charge is 0.293 e. The van der Waals surface area contributed by atoms with Gasteiger partial charge in [-0.25, -0.2) is 0 Å². The minimum atomic E-state index is -0.0603. The van der Waals surface area contributed by atoms with E-state index in [0.29, 0.717) is 21.3 Å². The topological polar surface area (TPSA) is 44.1 Å². The molecule has 0 aromatic heterocycles. The molecule has 5 heteroatoms. The van der Waals surface area contributed by atoms with Crippen molar-refractivity contribution in [3.63, 3.8) is 0 Å². The number of likely N-dealkylation sites (N-methyl/N-ethyl adjacent to an activating group) is 1. The summed E-state index contributed by atoms with van der Waals surface area (Å²) in [6, 6.07) is 9.21. The monoisotopic (exact) mass is 274 g/mol. The Hall–Kier alpha value is -1.64. The fourth-order valence-electron chi connectivity index (χ4n) is 1.62. The average Bonchev–Trinajstić information content (AvgIpc) is 2.64. The van der Waals surface area contributed by atoms with Gasteiger partial charge in [-0.3, -0.25) is 9.69 Å². The lowest BCUT2D eigenvalue weighted by Gasteiger charge is -2.09. The molecule has 1 heterocycles. The molecule has 0 aliphatic carbocycles. The number of carbonyl (C=O) groups is 1. The summed E-state index contributed by atoms with van der Waals surface area (Å²) in [7, 11) is 0. The first-order valence-corrected chi connectivity index (χ1v) is 6.63. The predicted octanol–water partition coefficient (Wildman–Crippen LogP) is 2.78. The second-order valence-corrected chi connectivity index (χ2v) is 5.34. The number of nitrogens with zero attached hydrogens (tertiary/aromatic N) is 2. The van der Waals surface area contributed by atoms with Crippen LogP contribution < -0.4 is 0 Å². The SMILES string of the molecule is CCN1C(=O)C(=Cc2cccc(C#N)c2)SC1=S. The minimum Gasteiger partial charge on any atom is -0.293 e. The summed E-state index contributed by atoms with van der Waals surface area (Å²) in [4.78, 5) is 14.2. The van der Waals surface area contributed by atoms with Crippen molar-refractivity contribution in [3.05, 3.63) is 40.3 Å². The van der Waals surface area contributed by atoms with Gasteiger partial charge in [0.25, 0.3) is 5.91 Å². The summed E-state index contributed by atoms with van der Waals surface area (Å²) in [6.45, 7) is 2.48. The van der Waals surface area contributed by atoms with Crippen molar-refractivity contribution in [1.82, 2.24) is 4.90 Å². The molecule has 1 amide bonds. The van der Waals surface area contributed by atoms with E-state index in [4.69, 9.17) is 17.5 Å². The van der Waals surface area contributed by atoms with Crippen molar-refractivity contribution in [2.75, 3.05) is 6.54 Å². The molecule has 18 heavy (non-hydrogen) atoms. The van der Waals surface area contributed by atoms with Gasteiger partial charge in [0, 0.05) is 6.54 Å². The molecule has 2 rings (SSSR count). The van der Waals surface area contributed by atoms with E-state index in [1.807, 2.05) is 13.0 Å². The Balaban J connectivity index is 2.32. The molecular weight excluding hydrogens is 264 g/mol. The van der Waals surface area contributed by atoms with Crippen molar-refractivity contribution < 1.29 is 4.79 Å². The minimum absolute atomic E-state index is 0.0603. The third-order valence-corrected chi connectivity index (χ3v) is 3.88. The Kier molecular flexibility index (Phi) is 3.80. The summed E-state index contributed by atoms with van der Waals surface area (Å²) >= 11 is 6.43. The Labute approximate surface area is 115 Å². The molecule has 90 valence electrons. The van der Waals surface area contributed by atoms with Crippen molar-refractivity contribution in [2.24, 2.45) is 0 Å². The molecule has 1 fully saturated rings. The number of thiocarbonyl (C=S) groups is 1. The van der Waals surface area contributed by atoms with Gasteiger partial charge >= 0.3 is 0 Å². The second-order valence-electron chi connectivity index (χ2n) is 3.66. The number of thioether (sulfide) groups is 1. The first kappa shape index (κ1) is 12.8. The van der Waals surface area contributed by atoms with Crippen LogP contribution in [-0.4, -0.2) is 21.7 Å². The third-order valence-electron chi connectivity index (χ3n) is 2.50. The van der Waals surface area contributed by atoms with Gasteiger partial charge in [-0.2, -0.15) is 5.26 Å². The van der Waals surface area contributed by atoms with E-state index >= 15 is 0 Å². The van der Waals surface area contributed by atoms with Gasteiger partial charge in [-0.1, -0.05) is 36.1 Å². The smallest absolute Gasteiger partial charge is 0.266 e. The second kappa shape index (κ2) is 5.34. The number of hydrogen-bond donors (Lipinski definition) is 0. The first-order chi connectivity index (χ1) is 8.65. The summed E-state index contributed by atoms with van der Waals surface area (Å²) in [5.74, 6) is -0.0603. The van der Waals surface area contributed by atoms with Crippen LogP contribution in [0.25, 0.3) is 6.08 Å². The maximum absolute atomic E-state index is 12.0. The van der Waals surface area contributed by atoms with E-state index in [-0.39, 0.29) is 5.91 Å². The van der Waals surface area contributed by atoms with E-state index in [2.05, 4.69) is 6.07 Å². The van der Waals surface area contributed by atoms with E-state index in [1.165, 1.54) is 11.8 Å². The van der Waals surface area contributed by atoms with Crippen LogP contribution in [0.1, 0.15) is 18.1 Å². The van der Waals surface area contributed by atoms with Crippen molar-refractivity contribution in [1.29, 1.82) is 5.26 Å². The third kappa shape index (κ3) is 2.45. The van der Waals surface area contributed by atoms with Crippen LogP contribution in [0.2, 0.25) is 0 Å². The fourth-order valence-corrected chi connectivity index (χ4v) is 3.01. The Bertz CT molecular complexity index is 587. The molecule has 0 unspecified atom stereocenters. The van der Waals surface area contributed by atoms with Crippen LogP contribution in [0.4, 0.5) is 0 Å². The van der Waals surface area contributed by atoms with Crippen LogP contribution in [0.5, 0.6) is 0 Å². The van der Waals surface area contributed by atoms with E-state index < -0.39 is 0 Å². The van der Waals surface area contributed by atoms with Gasteiger partial charge in [0.05, 0.1) is 16.5 Å². The molecule has 1 aliphatic rings. The number of nitriles is 1. The van der Waals surface area contributed by atoms with Crippen LogP contribution in [0, 0.1) is 11.3 Å². The lowest BCUT2D eigenvalue weighted by atomic mass is 10.1. The van der Waals surface area contributed by atoms with Crippen molar-refractivity contribution >= 4 is 40.3 Å². The molecule has 1 aromatic rings. The number of rotatable bonds is 2. The Morgan fingerprint density at radius 2 is 2.33 bits per heavy atom. The zero-order valence-corrected chi connectivity index (χ0v) is 11.3. The van der Waals surface area contributed by atoms with Crippen molar-refractivity contribution in [2.45, 2.75) is 6.92 Å². The Morgan fingerprint density at radius 3 is 2.94 bits per heavy atom. The summed E-state index contributed by atoms with van der Waals surface area (Å²) in [6.07, 6.45) is 1.77. The van der Waals surface area contributed by atoms with E-state index in [1.54, 1.807) is 29.2 Å². The molecule has 1 aliphatic heterocycles.